The Labute approximate surface area is 135 Å². The Bertz CT molecular complexity index is 601. The second kappa shape index (κ2) is 6.58. The Morgan fingerprint density at radius 2 is 2.38 bits per heavy atom. The molecule has 1 amide bonds. The SMILES string of the molecule is O=C(Cc1ccsc1)N1CCC(Oc2ccc(Br)cn2)C1. The predicted molar refractivity (Wildman–Crippen MR) is 85.6 cm³/mol. The molecule has 2 aromatic heterocycles. The fourth-order valence-electron chi connectivity index (χ4n) is 2.33. The summed E-state index contributed by atoms with van der Waals surface area (Å²) in [4.78, 5) is 18.3. The van der Waals surface area contributed by atoms with Crippen molar-refractivity contribution in [3.05, 3.63) is 45.2 Å². The Morgan fingerprint density at radius 3 is 3.10 bits per heavy atom. The van der Waals surface area contributed by atoms with Crippen LogP contribution in [0.1, 0.15) is 12.0 Å². The number of hydrogen-bond acceptors (Lipinski definition) is 4. The van der Waals surface area contributed by atoms with E-state index < -0.39 is 0 Å². The maximum Gasteiger partial charge on any atom is 0.227 e. The van der Waals surface area contributed by atoms with Crippen LogP contribution in [0, 0.1) is 0 Å². The molecule has 1 fully saturated rings. The lowest BCUT2D eigenvalue weighted by atomic mass is 10.2. The molecular formula is C15H15BrN2O2S. The summed E-state index contributed by atoms with van der Waals surface area (Å²) >= 11 is 4.96. The molecule has 0 radical (unpaired) electrons. The third-order valence-electron chi connectivity index (χ3n) is 3.42. The quantitative estimate of drug-likeness (QED) is 0.834. The van der Waals surface area contributed by atoms with Gasteiger partial charge in [-0.3, -0.25) is 4.79 Å². The first-order valence-electron chi connectivity index (χ1n) is 6.78. The van der Waals surface area contributed by atoms with Crippen LogP contribution in [-0.2, 0) is 11.2 Å². The number of ether oxygens (including phenoxy) is 1. The minimum atomic E-state index is 0.0325. The van der Waals surface area contributed by atoms with Gasteiger partial charge in [-0.25, -0.2) is 4.98 Å². The summed E-state index contributed by atoms with van der Waals surface area (Å²) in [5.74, 6) is 0.776. The van der Waals surface area contributed by atoms with Crippen LogP contribution in [-0.4, -0.2) is 35.0 Å². The van der Waals surface area contributed by atoms with E-state index >= 15 is 0 Å². The Kier molecular flexibility index (Phi) is 4.55. The van der Waals surface area contributed by atoms with Crippen molar-refractivity contribution < 1.29 is 9.53 Å². The number of amides is 1. The average Bonchev–Trinajstić information content (AvgIpc) is 3.13. The van der Waals surface area contributed by atoms with E-state index in [1.54, 1.807) is 17.5 Å². The van der Waals surface area contributed by atoms with Crippen LogP contribution in [0.4, 0.5) is 0 Å². The predicted octanol–water partition coefficient (Wildman–Crippen LogP) is 3.13. The molecule has 1 aliphatic heterocycles. The van der Waals surface area contributed by atoms with E-state index in [1.807, 2.05) is 33.9 Å². The lowest BCUT2D eigenvalue weighted by Crippen LogP contribution is -2.32. The average molecular weight is 367 g/mol. The molecule has 0 N–H and O–H groups in total. The first kappa shape index (κ1) is 14.5. The lowest BCUT2D eigenvalue weighted by molar-refractivity contribution is -0.129. The number of halogens is 1. The highest BCUT2D eigenvalue weighted by atomic mass is 79.9. The van der Waals surface area contributed by atoms with Crippen molar-refractivity contribution in [2.75, 3.05) is 13.1 Å². The maximum absolute atomic E-state index is 12.2. The minimum absolute atomic E-state index is 0.0325. The Morgan fingerprint density at radius 1 is 1.48 bits per heavy atom. The molecule has 110 valence electrons. The summed E-state index contributed by atoms with van der Waals surface area (Å²) in [6.07, 6.45) is 3.08. The van der Waals surface area contributed by atoms with E-state index in [-0.39, 0.29) is 12.0 Å². The van der Waals surface area contributed by atoms with E-state index in [0.717, 1.165) is 23.0 Å². The highest BCUT2D eigenvalue weighted by molar-refractivity contribution is 9.10. The molecule has 21 heavy (non-hydrogen) atoms. The summed E-state index contributed by atoms with van der Waals surface area (Å²) in [5.41, 5.74) is 1.09. The number of nitrogens with zero attached hydrogens (tertiary/aromatic N) is 2. The lowest BCUT2D eigenvalue weighted by Gasteiger charge is -2.16. The summed E-state index contributed by atoms with van der Waals surface area (Å²) in [6.45, 7) is 1.39. The normalized spacial score (nSPS) is 18.0. The van der Waals surface area contributed by atoms with Crippen molar-refractivity contribution in [1.82, 2.24) is 9.88 Å². The van der Waals surface area contributed by atoms with Crippen molar-refractivity contribution >= 4 is 33.2 Å². The minimum Gasteiger partial charge on any atom is -0.472 e. The van der Waals surface area contributed by atoms with E-state index in [9.17, 15) is 4.79 Å². The molecule has 0 aromatic carbocycles. The van der Waals surface area contributed by atoms with Crippen LogP contribution in [0.2, 0.25) is 0 Å². The van der Waals surface area contributed by atoms with E-state index in [1.165, 1.54) is 0 Å². The maximum atomic E-state index is 12.2. The van der Waals surface area contributed by atoms with Gasteiger partial charge in [-0.15, -0.1) is 0 Å². The van der Waals surface area contributed by atoms with E-state index in [2.05, 4.69) is 20.9 Å². The van der Waals surface area contributed by atoms with Crippen molar-refractivity contribution in [2.24, 2.45) is 0 Å². The van der Waals surface area contributed by atoms with Crippen LogP contribution in [0.25, 0.3) is 0 Å². The molecule has 0 bridgehead atoms. The molecule has 4 nitrogen and oxygen atoms in total. The van der Waals surface area contributed by atoms with Crippen molar-refractivity contribution in [1.29, 1.82) is 0 Å². The number of thiophene rings is 1. The highest BCUT2D eigenvalue weighted by Gasteiger charge is 2.27. The summed E-state index contributed by atoms with van der Waals surface area (Å²) in [6, 6.07) is 5.73. The number of aromatic nitrogens is 1. The molecule has 1 atom stereocenters. The standard InChI is InChI=1S/C15H15BrN2O2S/c16-12-1-2-14(17-8-12)20-13-3-5-18(9-13)15(19)7-11-4-6-21-10-11/h1-2,4,6,8,10,13H,3,5,7,9H2. The fourth-order valence-corrected chi connectivity index (χ4v) is 3.24. The second-order valence-corrected chi connectivity index (χ2v) is 6.69. The van der Waals surface area contributed by atoms with Gasteiger partial charge in [-0.05, 0) is 44.4 Å². The number of carbonyl (C=O) groups excluding carboxylic acids is 1. The topological polar surface area (TPSA) is 42.4 Å². The number of pyridine rings is 1. The summed E-state index contributed by atoms with van der Waals surface area (Å²) in [7, 11) is 0. The van der Waals surface area contributed by atoms with Gasteiger partial charge < -0.3 is 9.64 Å². The third kappa shape index (κ3) is 3.83. The zero-order valence-electron chi connectivity index (χ0n) is 11.4. The van der Waals surface area contributed by atoms with Crippen molar-refractivity contribution in [3.8, 4) is 5.88 Å². The second-order valence-electron chi connectivity index (χ2n) is 4.99. The van der Waals surface area contributed by atoms with Gasteiger partial charge in [-0.1, -0.05) is 0 Å². The molecule has 3 heterocycles. The molecule has 6 heteroatoms. The van der Waals surface area contributed by atoms with Crippen LogP contribution in [0.15, 0.2) is 39.6 Å². The van der Waals surface area contributed by atoms with Gasteiger partial charge in [0.05, 0.1) is 13.0 Å². The molecule has 2 aromatic rings. The molecule has 1 aliphatic rings. The molecule has 0 saturated carbocycles. The zero-order chi connectivity index (χ0) is 14.7. The van der Waals surface area contributed by atoms with E-state index in [4.69, 9.17) is 4.74 Å². The van der Waals surface area contributed by atoms with E-state index in [0.29, 0.717) is 18.8 Å². The van der Waals surface area contributed by atoms with Crippen LogP contribution >= 0.6 is 27.3 Å². The van der Waals surface area contributed by atoms with Crippen LogP contribution in [0.5, 0.6) is 5.88 Å². The molecule has 1 unspecified atom stereocenters. The van der Waals surface area contributed by atoms with Gasteiger partial charge in [0.2, 0.25) is 11.8 Å². The Balaban J connectivity index is 1.53. The first-order chi connectivity index (χ1) is 10.2. The monoisotopic (exact) mass is 366 g/mol. The zero-order valence-corrected chi connectivity index (χ0v) is 13.8. The number of likely N-dealkylation sites (tertiary alicyclic amines) is 1. The molecule has 3 rings (SSSR count). The largest absolute Gasteiger partial charge is 0.472 e. The van der Waals surface area contributed by atoms with Crippen LogP contribution < -0.4 is 4.74 Å². The molecule has 0 aliphatic carbocycles. The molecule has 0 spiro atoms. The fraction of sp³-hybridized carbons (Fsp3) is 0.333. The Hall–Kier alpha value is -1.40. The van der Waals surface area contributed by atoms with Gasteiger partial charge in [0.1, 0.15) is 6.10 Å². The van der Waals surface area contributed by atoms with Gasteiger partial charge in [0.25, 0.3) is 0 Å². The summed E-state index contributed by atoms with van der Waals surface area (Å²) < 4.78 is 6.75. The summed E-state index contributed by atoms with van der Waals surface area (Å²) in [5, 5.41) is 4.02. The van der Waals surface area contributed by atoms with Crippen LogP contribution in [0.3, 0.4) is 0 Å². The van der Waals surface area contributed by atoms with Crippen molar-refractivity contribution in [3.63, 3.8) is 0 Å². The first-order valence-corrected chi connectivity index (χ1v) is 8.51. The number of hydrogen-bond donors (Lipinski definition) is 0. The van der Waals surface area contributed by atoms with Gasteiger partial charge in [-0.2, -0.15) is 11.3 Å². The van der Waals surface area contributed by atoms with Gasteiger partial charge >= 0.3 is 0 Å². The number of carbonyl (C=O) groups is 1. The molecule has 1 saturated heterocycles. The van der Waals surface area contributed by atoms with Gasteiger partial charge in [0, 0.05) is 29.7 Å². The number of rotatable bonds is 4. The smallest absolute Gasteiger partial charge is 0.227 e. The van der Waals surface area contributed by atoms with Gasteiger partial charge in [0.15, 0.2) is 0 Å². The highest BCUT2D eigenvalue weighted by Crippen LogP contribution is 2.19. The third-order valence-corrected chi connectivity index (χ3v) is 4.62. The van der Waals surface area contributed by atoms with Crippen molar-refractivity contribution in [2.45, 2.75) is 18.9 Å². The molecular weight excluding hydrogens is 352 g/mol.